The van der Waals surface area contributed by atoms with Crippen LogP contribution in [0.5, 0.6) is 5.75 Å². The fourth-order valence-electron chi connectivity index (χ4n) is 5.11. The molecule has 3 heterocycles. The van der Waals surface area contributed by atoms with Crippen molar-refractivity contribution in [2.24, 2.45) is 5.73 Å². The first-order valence-electron chi connectivity index (χ1n) is 15.7. The second kappa shape index (κ2) is 17.1. The van der Waals surface area contributed by atoms with Crippen molar-refractivity contribution in [3.63, 3.8) is 0 Å². The van der Waals surface area contributed by atoms with Crippen LogP contribution in [0.1, 0.15) is 43.0 Å². The highest BCUT2D eigenvalue weighted by Gasteiger charge is 2.26. The van der Waals surface area contributed by atoms with Gasteiger partial charge in [-0.1, -0.05) is 47.6 Å². The number of anilines is 1. The number of nitrogens with one attached hydrogen (secondary N) is 1. The first-order chi connectivity index (χ1) is 23.8. The molecule has 1 amide bonds. The third-order valence-electron chi connectivity index (χ3n) is 7.57. The predicted molar refractivity (Wildman–Crippen MR) is 190 cm³/mol. The number of benzene rings is 2. The Hall–Kier alpha value is -4.66. The summed E-state index contributed by atoms with van der Waals surface area (Å²) in [6, 6.07) is 18.7. The van der Waals surface area contributed by atoms with Crippen LogP contribution in [0.2, 0.25) is 5.02 Å². The van der Waals surface area contributed by atoms with Gasteiger partial charge >= 0.3 is 5.97 Å². The highest BCUT2D eigenvalue weighted by molar-refractivity contribution is 7.98. The minimum atomic E-state index is -0.648. The average Bonchev–Trinajstić information content (AvgIpc) is 3.82. The van der Waals surface area contributed by atoms with E-state index in [0.29, 0.717) is 49.6 Å². The molecule has 1 aliphatic heterocycles. The molecule has 4 aromatic rings. The Kier molecular flexibility index (Phi) is 12.5. The maximum Gasteiger partial charge on any atom is 0.307 e. The van der Waals surface area contributed by atoms with Crippen molar-refractivity contribution in [3.8, 4) is 39.6 Å². The fraction of sp³-hybridized carbons (Fsp3) is 0.314. The maximum absolute atomic E-state index is 11.9. The molecular weight excluding hydrogens is 682 g/mol. The number of rotatable bonds is 14. The second-order valence-corrected chi connectivity index (χ2v) is 13.4. The van der Waals surface area contributed by atoms with Gasteiger partial charge in [0, 0.05) is 46.9 Å². The highest BCUT2D eigenvalue weighted by atomic mass is 35.5. The Morgan fingerprint density at radius 1 is 1.04 bits per heavy atom. The van der Waals surface area contributed by atoms with Gasteiger partial charge in [-0.25, -0.2) is 9.97 Å². The molecule has 3 N–H and O–H groups in total. The molecule has 14 heteroatoms. The van der Waals surface area contributed by atoms with Gasteiger partial charge in [0.1, 0.15) is 52.5 Å². The molecule has 1 fully saturated rings. The van der Waals surface area contributed by atoms with E-state index in [1.165, 1.54) is 23.1 Å². The lowest BCUT2D eigenvalue weighted by molar-refractivity contribution is -0.144. The van der Waals surface area contributed by atoms with Gasteiger partial charge in [0.25, 0.3) is 0 Å². The van der Waals surface area contributed by atoms with Crippen molar-refractivity contribution >= 4 is 52.4 Å². The van der Waals surface area contributed by atoms with Crippen molar-refractivity contribution in [2.75, 3.05) is 37.7 Å². The summed E-state index contributed by atoms with van der Waals surface area (Å²) in [5.74, 6) is 0.807. The number of nitriles is 2. The zero-order valence-corrected chi connectivity index (χ0v) is 29.2. The first-order valence-corrected chi connectivity index (χ1v) is 17.9. The van der Waals surface area contributed by atoms with Gasteiger partial charge in [0.15, 0.2) is 0 Å². The van der Waals surface area contributed by atoms with Crippen LogP contribution >= 0.6 is 34.7 Å². The van der Waals surface area contributed by atoms with E-state index in [0.717, 1.165) is 42.2 Å². The molecule has 0 aliphatic carbocycles. The smallest absolute Gasteiger partial charge is 0.307 e. The SMILES string of the molecule is C[C@H](N)C(=O)NCCC(=O)OCCOc1ccc(-c2c(C#N)c(SCc3csc(-c4ccc(Cl)cc4)n3)nc(N3CCCC3)c2C#N)cc1. The monoisotopic (exact) mass is 715 g/mol. The standard InChI is InChI=1S/C35H34ClN7O4S2/c1-22(39)33(45)40-13-12-30(44)47-17-16-46-27-10-6-23(7-11-27)31-28(18-37)32(43-14-2-3-15-43)42-35(29(31)19-38)49-21-26-20-48-34(41-26)24-4-8-25(36)9-5-24/h4-11,20,22H,2-3,12-17,21,39H2,1H3,(H,40,45)/t22-/m0/s1. The Balaban J connectivity index is 1.30. The van der Waals surface area contributed by atoms with Gasteiger partial charge in [-0.05, 0) is 49.6 Å². The van der Waals surface area contributed by atoms with Crippen LogP contribution in [0.4, 0.5) is 5.82 Å². The van der Waals surface area contributed by atoms with Gasteiger partial charge in [-0.15, -0.1) is 11.3 Å². The fourth-order valence-corrected chi connectivity index (χ4v) is 7.04. The molecule has 1 atom stereocenters. The lowest BCUT2D eigenvalue weighted by atomic mass is 9.96. The summed E-state index contributed by atoms with van der Waals surface area (Å²) < 4.78 is 10.9. The van der Waals surface area contributed by atoms with Crippen molar-refractivity contribution in [2.45, 2.75) is 43.0 Å². The molecule has 49 heavy (non-hydrogen) atoms. The third kappa shape index (κ3) is 9.28. The van der Waals surface area contributed by atoms with Crippen LogP contribution < -0.4 is 20.7 Å². The molecule has 0 spiro atoms. The number of halogens is 1. The van der Waals surface area contributed by atoms with E-state index < -0.39 is 12.0 Å². The van der Waals surface area contributed by atoms with E-state index in [-0.39, 0.29) is 32.1 Å². The molecule has 1 aliphatic rings. The summed E-state index contributed by atoms with van der Waals surface area (Å²) >= 11 is 9.01. The number of hydrogen-bond donors (Lipinski definition) is 2. The number of esters is 1. The van der Waals surface area contributed by atoms with Gasteiger partial charge in [0.2, 0.25) is 5.91 Å². The zero-order valence-electron chi connectivity index (χ0n) is 26.8. The number of pyridine rings is 1. The second-order valence-electron chi connectivity index (χ2n) is 11.1. The topological polar surface area (TPSA) is 167 Å². The summed E-state index contributed by atoms with van der Waals surface area (Å²) in [6.45, 7) is 3.42. The Morgan fingerprint density at radius 3 is 2.41 bits per heavy atom. The van der Waals surface area contributed by atoms with Crippen LogP contribution in [-0.2, 0) is 20.1 Å². The van der Waals surface area contributed by atoms with Crippen LogP contribution in [0.25, 0.3) is 21.7 Å². The lowest BCUT2D eigenvalue weighted by Crippen LogP contribution is -2.39. The molecule has 0 saturated carbocycles. The molecule has 0 bridgehead atoms. The minimum Gasteiger partial charge on any atom is -0.490 e. The molecule has 1 saturated heterocycles. The number of ether oxygens (including phenoxy) is 2. The Labute approximate surface area is 298 Å². The molecule has 252 valence electrons. The summed E-state index contributed by atoms with van der Waals surface area (Å²) in [5, 5.41) is 27.4. The first kappa shape index (κ1) is 35.6. The summed E-state index contributed by atoms with van der Waals surface area (Å²) in [6.07, 6.45) is 2.03. The number of thiazole rings is 1. The summed E-state index contributed by atoms with van der Waals surface area (Å²) in [7, 11) is 0. The van der Waals surface area contributed by atoms with E-state index in [2.05, 4.69) is 22.4 Å². The lowest BCUT2D eigenvalue weighted by Gasteiger charge is -2.22. The number of nitrogens with two attached hydrogens (primary N) is 1. The third-order valence-corrected chi connectivity index (χ3v) is 9.77. The van der Waals surface area contributed by atoms with Crippen LogP contribution in [0.15, 0.2) is 58.9 Å². The normalized spacial score (nSPS) is 13.0. The minimum absolute atomic E-state index is 0.0233. The number of nitrogens with zero attached hydrogens (tertiary/aromatic N) is 5. The van der Waals surface area contributed by atoms with Gasteiger partial charge in [-0.3, -0.25) is 9.59 Å². The molecule has 5 rings (SSSR count). The molecule has 2 aromatic heterocycles. The number of carbonyl (C=O) groups is 2. The van der Waals surface area contributed by atoms with Gasteiger partial charge in [0.05, 0.1) is 23.7 Å². The Bertz CT molecular complexity index is 1860. The number of aromatic nitrogens is 2. The predicted octanol–water partition coefficient (Wildman–Crippen LogP) is 5.94. The quantitative estimate of drug-likeness (QED) is 0.0901. The van der Waals surface area contributed by atoms with E-state index >= 15 is 0 Å². The molecular formula is C35H34ClN7O4S2. The average molecular weight is 716 g/mol. The number of carbonyl (C=O) groups excluding carboxylic acids is 2. The molecule has 11 nitrogen and oxygen atoms in total. The van der Waals surface area contributed by atoms with Crippen molar-refractivity contribution in [1.82, 2.24) is 15.3 Å². The number of hydrogen-bond acceptors (Lipinski definition) is 12. The molecule has 0 radical (unpaired) electrons. The van der Waals surface area contributed by atoms with Crippen molar-refractivity contribution in [1.29, 1.82) is 10.5 Å². The highest BCUT2D eigenvalue weighted by Crippen LogP contribution is 2.40. The van der Waals surface area contributed by atoms with Gasteiger partial charge in [-0.2, -0.15) is 10.5 Å². The van der Waals surface area contributed by atoms with E-state index in [1.807, 2.05) is 29.6 Å². The van der Waals surface area contributed by atoms with E-state index in [1.54, 1.807) is 31.2 Å². The zero-order chi connectivity index (χ0) is 34.8. The molecule has 0 unspecified atom stereocenters. The van der Waals surface area contributed by atoms with Crippen LogP contribution in [0.3, 0.4) is 0 Å². The molecule has 2 aromatic carbocycles. The van der Waals surface area contributed by atoms with Crippen LogP contribution in [0, 0.1) is 22.7 Å². The maximum atomic E-state index is 11.9. The van der Waals surface area contributed by atoms with Crippen LogP contribution in [-0.4, -0.2) is 60.7 Å². The number of amides is 1. The number of thioether (sulfide) groups is 1. The Morgan fingerprint density at radius 2 is 1.73 bits per heavy atom. The van der Waals surface area contributed by atoms with Crippen molar-refractivity contribution < 1.29 is 19.1 Å². The van der Waals surface area contributed by atoms with E-state index in [4.69, 9.17) is 36.8 Å². The van der Waals surface area contributed by atoms with Gasteiger partial charge < -0.3 is 25.4 Å². The van der Waals surface area contributed by atoms with Crippen molar-refractivity contribution in [3.05, 3.63) is 75.8 Å². The summed E-state index contributed by atoms with van der Waals surface area (Å²) in [4.78, 5) is 35.3. The van der Waals surface area contributed by atoms with E-state index in [9.17, 15) is 20.1 Å². The summed E-state index contributed by atoms with van der Waals surface area (Å²) in [5.41, 5.74) is 9.23. The largest absolute Gasteiger partial charge is 0.490 e.